The summed E-state index contributed by atoms with van der Waals surface area (Å²) in [6, 6.07) is 13.6. The van der Waals surface area contributed by atoms with Crippen LogP contribution in [-0.4, -0.2) is 60.0 Å². The molecule has 3 aromatic rings. The Bertz CT molecular complexity index is 1110. The van der Waals surface area contributed by atoms with Gasteiger partial charge in [-0.15, -0.1) is 0 Å². The first-order valence-corrected chi connectivity index (χ1v) is 11.4. The molecule has 6 rings (SSSR count). The van der Waals surface area contributed by atoms with Crippen LogP contribution in [0.25, 0.3) is 10.9 Å². The second-order valence-electron chi connectivity index (χ2n) is 8.89. The molecule has 7 nitrogen and oxygen atoms in total. The van der Waals surface area contributed by atoms with E-state index in [1.54, 1.807) is 19.2 Å². The van der Waals surface area contributed by atoms with Crippen molar-refractivity contribution in [1.29, 1.82) is 0 Å². The normalized spacial score (nSPS) is 21.7. The molecular formula is C25H29LiN4O3. The molecule has 4 heterocycles. The Kier molecular flexibility index (Phi) is 7.45. The van der Waals surface area contributed by atoms with Gasteiger partial charge in [-0.3, -0.25) is 4.68 Å². The SMILES string of the molecule is COc1ccc(Cn2nc3cccc(C(=O)[O-])c3c2CCN[C@@H]2CN3CCC2CC3)cc1.[Li+]. The summed E-state index contributed by atoms with van der Waals surface area (Å²) < 4.78 is 7.20. The maximum Gasteiger partial charge on any atom is 1.00 e. The number of nitrogens with one attached hydrogen (secondary N) is 1. The zero-order chi connectivity index (χ0) is 22.1. The molecule has 3 aliphatic heterocycles. The Morgan fingerprint density at radius 2 is 1.94 bits per heavy atom. The number of benzene rings is 2. The second kappa shape index (κ2) is 10.3. The predicted molar refractivity (Wildman–Crippen MR) is 121 cm³/mol. The quantitative estimate of drug-likeness (QED) is 0.438. The number of methoxy groups -OCH3 is 1. The number of carboxylic acids is 1. The van der Waals surface area contributed by atoms with E-state index in [1.807, 2.05) is 35.0 Å². The number of piperidine rings is 3. The number of aromatic nitrogens is 2. The molecule has 1 N–H and O–H groups in total. The van der Waals surface area contributed by atoms with Crippen molar-refractivity contribution in [3.05, 3.63) is 59.3 Å². The molecule has 1 atom stereocenters. The van der Waals surface area contributed by atoms with Gasteiger partial charge >= 0.3 is 18.9 Å². The van der Waals surface area contributed by atoms with Crippen molar-refractivity contribution in [3.8, 4) is 5.75 Å². The van der Waals surface area contributed by atoms with Crippen LogP contribution in [0.1, 0.15) is 34.5 Å². The standard InChI is InChI=1S/C25H30N4O3.Li/c1-32-19-7-5-17(6-8-19)15-29-23(24-20(25(30)31)3-2-4-21(24)27-29)9-12-26-22-16-28-13-10-18(22)11-14-28;/h2-8,18,22,26H,9-16H2,1H3,(H,30,31);/q;+1/p-1/t22-;/m1./s1. The van der Waals surface area contributed by atoms with Crippen LogP contribution in [0.5, 0.6) is 5.75 Å². The minimum absolute atomic E-state index is 0. The van der Waals surface area contributed by atoms with Crippen molar-refractivity contribution < 1.29 is 33.5 Å². The molecule has 3 aliphatic rings. The maximum absolute atomic E-state index is 11.8. The van der Waals surface area contributed by atoms with Gasteiger partial charge in [0.15, 0.2) is 0 Å². The van der Waals surface area contributed by atoms with Gasteiger partial charge in [-0.2, -0.15) is 5.10 Å². The van der Waals surface area contributed by atoms with Crippen LogP contribution in [0.4, 0.5) is 0 Å². The van der Waals surface area contributed by atoms with Gasteiger partial charge in [0, 0.05) is 42.2 Å². The molecule has 168 valence electrons. The van der Waals surface area contributed by atoms with Crippen molar-refractivity contribution >= 4 is 16.9 Å². The fraction of sp³-hybridized carbons (Fsp3) is 0.440. The topological polar surface area (TPSA) is 82.5 Å². The monoisotopic (exact) mass is 440 g/mol. The van der Waals surface area contributed by atoms with Crippen molar-refractivity contribution in [1.82, 2.24) is 20.0 Å². The third-order valence-electron chi connectivity index (χ3n) is 7.01. The van der Waals surface area contributed by atoms with E-state index in [-0.39, 0.29) is 24.4 Å². The van der Waals surface area contributed by atoms with E-state index in [9.17, 15) is 9.90 Å². The molecule has 3 fully saturated rings. The molecule has 1 aromatic heterocycles. The minimum atomic E-state index is -1.16. The van der Waals surface area contributed by atoms with Crippen LogP contribution in [0.2, 0.25) is 0 Å². The average molecular weight is 440 g/mol. The Hall–Kier alpha value is -2.30. The third kappa shape index (κ3) is 4.97. The molecule has 0 unspecified atom stereocenters. The molecule has 0 spiro atoms. The molecule has 3 saturated heterocycles. The van der Waals surface area contributed by atoms with Crippen molar-refractivity contribution in [3.63, 3.8) is 0 Å². The molecule has 2 bridgehead atoms. The van der Waals surface area contributed by atoms with Gasteiger partial charge in [-0.1, -0.05) is 24.3 Å². The smallest absolute Gasteiger partial charge is 0.545 e. The van der Waals surface area contributed by atoms with Gasteiger partial charge in [0.1, 0.15) is 5.75 Å². The van der Waals surface area contributed by atoms with Gasteiger partial charge in [-0.25, -0.2) is 0 Å². The number of hydrogen-bond donors (Lipinski definition) is 1. The summed E-state index contributed by atoms with van der Waals surface area (Å²) in [5.41, 5.74) is 2.92. The number of ether oxygens (including phenoxy) is 1. The van der Waals surface area contributed by atoms with Crippen LogP contribution in [0.3, 0.4) is 0 Å². The fourth-order valence-electron chi connectivity index (χ4n) is 5.28. The Morgan fingerprint density at radius 1 is 1.18 bits per heavy atom. The average Bonchev–Trinajstić information content (AvgIpc) is 3.17. The number of hydrogen-bond acceptors (Lipinski definition) is 6. The van der Waals surface area contributed by atoms with Crippen molar-refractivity contribution in [2.24, 2.45) is 5.92 Å². The molecular weight excluding hydrogens is 411 g/mol. The van der Waals surface area contributed by atoms with Gasteiger partial charge in [-0.05, 0) is 55.6 Å². The first-order valence-electron chi connectivity index (χ1n) is 11.4. The predicted octanol–water partition coefficient (Wildman–Crippen LogP) is -1.31. The Balaban J connectivity index is 0.00000259. The molecule has 33 heavy (non-hydrogen) atoms. The van der Waals surface area contributed by atoms with Gasteiger partial charge in [0.05, 0.1) is 25.1 Å². The van der Waals surface area contributed by atoms with E-state index >= 15 is 0 Å². The Labute approximate surface area is 206 Å². The summed E-state index contributed by atoms with van der Waals surface area (Å²) in [6.07, 6.45) is 3.25. The molecule has 8 heteroatoms. The summed E-state index contributed by atoms with van der Waals surface area (Å²) in [6.45, 7) is 4.91. The largest absolute Gasteiger partial charge is 1.00 e. The second-order valence-corrected chi connectivity index (χ2v) is 8.89. The molecule has 0 aliphatic carbocycles. The van der Waals surface area contributed by atoms with E-state index in [2.05, 4.69) is 10.2 Å². The van der Waals surface area contributed by atoms with E-state index in [0.717, 1.165) is 36.0 Å². The van der Waals surface area contributed by atoms with Gasteiger partial charge < -0.3 is 24.9 Å². The summed E-state index contributed by atoms with van der Waals surface area (Å²) >= 11 is 0. The number of carboxylic acid groups (broad SMARTS) is 1. The molecule has 0 saturated carbocycles. The number of carbonyl (C=O) groups excluding carboxylic acids is 1. The van der Waals surface area contributed by atoms with Crippen LogP contribution in [-0.2, 0) is 13.0 Å². The van der Waals surface area contributed by atoms with E-state index in [0.29, 0.717) is 29.9 Å². The molecule has 0 amide bonds. The first kappa shape index (κ1) is 23.8. The third-order valence-corrected chi connectivity index (χ3v) is 7.01. The zero-order valence-electron chi connectivity index (χ0n) is 19.4. The van der Waals surface area contributed by atoms with Crippen molar-refractivity contribution in [2.45, 2.75) is 31.8 Å². The van der Waals surface area contributed by atoms with E-state index < -0.39 is 5.97 Å². The first-order chi connectivity index (χ1) is 15.6. The summed E-state index contributed by atoms with van der Waals surface area (Å²) in [5, 5.41) is 21.0. The van der Waals surface area contributed by atoms with Gasteiger partial charge in [0.2, 0.25) is 0 Å². The number of rotatable bonds is 8. The molecule has 0 radical (unpaired) electrons. The summed E-state index contributed by atoms with van der Waals surface area (Å²) in [4.78, 5) is 14.4. The minimum Gasteiger partial charge on any atom is -0.545 e. The fourth-order valence-corrected chi connectivity index (χ4v) is 5.28. The van der Waals surface area contributed by atoms with Crippen molar-refractivity contribution in [2.75, 3.05) is 33.3 Å². The van der Waals surface area contributed by atoms with E-state index in [4.69, 9.17) is 9.84 Å². The maximum atomic E-state index is 11.8. The van der Waals surface area contributed by atoms with Crippen LogP contribution in [0, 0.1) is 5.92 Å². The number of fused-ring (bicyclic) bond motifs is 4. The Morgan fingerprint density at radius 3 is 2.58 bits per heavy atom. The number of nitrogens with zero attached hydrogens (tertiary/aromatic N) is 3. The molecule has 2 aromatic carbocycles. The van der Waals surface area contributed by atoms with Crippen LogP contribution < -0.4 is 34.0 Å². The number of aromatic carboxylic acids is 1. The van der Waals surface area contributed by atoms with E-state index in [1.165, 1.54) is 25.9 Å². The van der Waals surface area contributed by atoms with Gasteiger partial charge in [0.25, 0.3) is 0 Å². The number of carbonyl (C=O) groups is 1. The summed E-state index contributed by atoms with van der Waals surface area (Å²) in [5.74, 6) is 0.395. The van der Waals surface area contributed by atoms with Crippen LogP contribution >= 0.6 is 0 Å². The van der Waals surface area contributed by atoms with Crippen LogP contribution in [0.15, 0.2) is 42.5 Å². The zero-order valence-corrected chi connectivity index (χ0v) is 19.4. The summed E-state index contributed by atoms with van der Waals surface area (Å²) in [7, 11) is 1.65.